The summed E-state index contributed by atoms with van der Waals surface area (Å²) >= 11 is 6.45. The number of methoxy groups -OCH3 is 2. The van der Waals surface area contributed by atoms with E-state index in [4.69, 9.17) is 25.8 Å². The smallest absolute Gasteiger partial charge is 0.249 e. The highest BCUT2D eigenvalue weighted by atomic mass is 35.5. The second-order valence-corrected chi connectivity index (χ2v) is 8.17. The first kappa shape index (κ1) is 23.1. The number of hydrogen-bond acceptors (Lipinski definition) is 4. The van der Waals surface area contributed by atoms with Crippen molar-refractivity contribution in [2.24, 2.45) is 0 Å². The maximum absolute atomic E-state index is 15.1. The van der Waals surface area contributed by atoms with Gasteiger partial charge in [-0.2, -0.15) is 0 Å². The Balaban J connectivity index is 1.69. The summed E-state index contributed by atoms with van der Waals surface area (Å²) in [5.74, 6) is 0.373. The largest absolute Gasteiger partial charge is 0.493 e. The molecule has 1 aliphatic heterocycles. The number of hydrogen-bond donors (Lipinski definition) is 0. The minimum Gasteiger partial charge on any atom is -0.493 e. The quantitative estimate of drug-likeness (QED) is 0.478. The Morgan fingerprint density at radius 2 is 1.79 bits per heavy atom. The van der Waals surface area contributed by atoms with E-state index in [9.17, 15) is 4.79 Å². The minimum absolute atomic E-state index is 0.125. The van der Waals surface area contributed by atoms with Crippen LogP contribution in [0.4, 0.5) is 4.39 Å². The Hall–Kier alpha value is -3.09. The number of ether oxygens (including phenoxy) is 3. The van der Waals surface area contributed by atoms with Crippen LogP contribution in [0.5, 0.6) is 11.5 Å². The lowest BCUT2D eigenvalue weighted by atomic mass is 9.87. The predicted octanol–water partition coefficient (Wildman–Crippen LogP) is 5.19. The molecule has 0 bridgehead atoms. The number of amides is 1. The molecule has 0 aromatic heterocycles. The summed E-state index contributed by atoms with van der Waals surface area (Å²) in [6, 6.07) is 17.1. The molecule has 0 unspecified atom stereocenters. The first-order valence-electron chi connectivity index (χ1n) is 10.6. The van der Waals surface area contributed by atoms with E-state index < -0.39 is 11.9 Å². The van der Waals surface area contributed by atoms with E-state index in [-0.39, 0.29) is 23.1 Å². The average molecular weight is 470 g/mol. The van der Waals surface area contributed by atoms with Gasteiger partial charge in [0.25, 0.3) is 0 Å². The first-order chi connectivity index (χ1) is 16.0. The van der Waals surface area contributed by atoms with Gasteiger partial charge in [-0.1, -0.05) is 48.0 Å². The van der Waals surface area contributed by atoms with Gasteiger partial charge >= 0.3 is 0 Å². The average Bonchev–Trinajstić information content (AvgIpc) is 2.83. The highest BCUT2D eigenvalue weighted by Crippen LogP contribution is 2.43. The molecule has 33 heavy (non-hydrogen) atoms. The van der Waals surface area contributed by atoms with Crippen molar-refractivity contribution in [2.75, 3.05) is 27.4 Å². The molecule has 4 rings (SSSR count). The van der Waals surface area contributed by atoms with Crippen molar-refractivity contribution in [3.63, 3.8) is 0 Å². The molecule has 0 N–H and O–H groups in total. The Labute approximate surface area is 197 Å². The number of benzene rings is 3. The molecular weight excluding hydrogens is 445 g/mol. The van der Waals surface area contributed by atoms with Crippen LogP contribution in [0.3, 0.4) is 0 Å². The number of carbonyl (C=O) groups is 1. The lowest BCUT2D eigenvalue weighted by molar-refractivity contribution is -0.138. The van der Waals surface area contributed by atoms with Crippen LogP contribution in [0.1, 0.15) is 28.3 Å². The SMILES string of the molecule is COc1cc2c(cc1OC)[C@@H](c1c(F)cccc1Cl)N(C(=O)COCc1ccccc1)CC2. The summed E-state index contributed by atoms with van der Waals surface area (Å²) in [6.45, 7) is 0.582. The van der Waals surface area contributed by atoms with E-state index in [0.29, 0.717) is 31.1 Å². The van der Waals surface area contributed by atoms with Crippen LogP contribution >= 0.6 is 11.6 Å². The molecule has 5 nitrogen and oxygen atoms in total. The summed E-state index contributed by atoms with van der Waals surface area (Å²) < 4.78 is 31.7. The Morgan fingerprint density at radius 3 is 2.48 bits per heavy atom. The summed E-state index contributed by atoms with van der Waals surface area (Å²) in [6.07, 6.45) is 0.586. The monoisotopic (exact) mass is 469 g/mol. The highest BCUT2D eigenvalue weighted by molar-refractivity contribution is 6.31. The van der Waals surface area contributed by atoms with Gasteiger partial charge in [0.15, 0.2) is 11.5 Å². The van der Waals surface area contributed by atoms with Gasteiger partial charge in [-0.25, -0.2) is 4.39 Å². The van der Waals surface area contributed by atoms with Gasteiger partial charge < -0.3 is 19.1 Å². The van der Waals surface area contributed by atoms with Crippen molar-refractivity contribution in [1.82, 2.24) is 4.90 Å². The summed E-state index contributed by atoms with van der Waals surface area (Å²) in [4.78, 5) is 14.9. The normalized spacial score (nSPS) is 15.2. The fourth-order valence-corrected chi connectivity index (χ4v) is 4.48. The van der Waals surface area contributed by atoms with Gasteiger partial charge in [0.2, 0.25) is 5.91 Å². The fourth-order valence-electron chi connectivity index (χ4n) is 4.21. The molecule has 1 heterocycles. The van der Waals surface area contributed by atoms with Crippen LogP contribution in [-0.4, -0.2) is 38.2 Å². The molecule has 172 valence electrons. The fraction of sp³-hybridized carbons (Fsp3) is 0.269. The first-order valence-corrected chi connectivity index (χ1v) is 11.0. The van der Waals surface area contributed by atoms with Gasteiger partial charge in [-0.3, -0.25) is 4.79 Å². The number of halogens is 2. The molecule has 1 amide bonds. The van der Waals surface area contributed by atoms with Gasteiger partial charge in [0.05, 0.1) is 26.9 Å². The van der Waals surface area contributed by atoms with Crippen molar-refractivity contribution in [3.8, 4) is 11.5 Å². The van der Waals surface area contributed by atoms with Crippen LogP contribution in [0.25, 0.3) is 0 Å². The van der Waals surface area contributed by atoms with Gasteiger partial charge in [0.1, 0.15) is 12.4 Å². The summed E-state index contributed by atoms with van der Waals surface area (Å²) in [5.41, 5.74) is 2.93. The summed E-state index contributed by atoms with van der Waals surface area (Å²) in [7, 11) is 3.11. The third kappa shape index (κ3) is 4.82. The molecule has 1 atom stereocenters. The maximum Gasteiger partial charge on any atom is 0.249 e. The third-order valence-corrected chi connectivity index (χ3v) is 6.13. The van der Waals surface area contributed by atoms with Crippen molar-refractivity contribution >= 4 is 17.5 Å². The van der Waals surface area contributed by atoms with Crippen LogP contribution in [0.15, 0.2) is 60.7 Å². The minimum atomic E-state index is -0.713. The van der Waals surface area contributed by atoms with Crippen molar-refractivity contribution in [2.45, 2.75) is 19.1 Å². The van der Waals surface area contributed by atoms with Gasteiger partial charge in [-0.15, -0.1) is 0 Å². The van der Waals surface area contributed by atoms with Gasteiger partial charge in [0, 0.05) is 17.1 Å². The zero-order chi connectivity index (χ0) is 23.4. The second-order valence-electron chi connectivity index (χ2n) is 7.76. The number of rotatable bonds is 7. The second kappa shape index (κ2) is 10.2. The van der Waals surface area contributed by atoms with Crippen LogP contribution in [-0.2, 0) is 22.6 Å². The van der Waals surface area contributed by atoms with Crippen LogP contribution in [0.2, 0.25) is 5.02 Å². The van der Waals surface area contributed by atoms with Crippen LogP contribution < -0.4 is 9.47 Å². The lowest BCUT2D eigenvalue weighted by Crippen LogP contribution is -2.42. The molecule has 1 aliphatic rings. The lowest BCUT2D eigenvalue weighted by Gasteiger charge is -2.38. The van der Waals surface area contributed by atoms with Gasteiger partial charge in [-0.05, 0) is 47.4 Å². The molecular formula is C26H25ClFNO4. The number of carbonyl (C=O) groups excluding carboxylic acids is 1. The Morgan fingerprint density at radius 1 is 1.06 bits per heavy atom. The molecule has 0 aliphatic carbocycles. The Bertz CT molecular complexity index is 1120. The molecule has 0 radical (unpaired) electrons. The summed E-state index contributed by atoms with van der Waals surface area (Å²) in [5, 5.41) is 0.255. The molecule has 0 fully saturated rings. The van der Waals surface area contributed by atoms with Crippen molar-refractivity contribution in [1.29, 1.82) is 0 Å². The zero-order valence-electron chi connectivity index (χ0n) is 18.5. The maximum atomic E-state index is 15.1. The molecule has 3 aromatic carbocycles. The van der Waals surface area contributed by atoms with E-state index in [2.05, 4.69) is 0 Å². The van der Waals surface area contributed by atoms with E-state index in [1.165, 1.54) is 6.07 Å². The number of nitrogens with zero attached hydrogens (tertiary/aromatic N) is 1. The van der Waals surface area contributed by atoms with E-state index in [0.717, 1.165) is 16.7 Å². The molecule has 0 saturated carbocycles. The van der Waals surface area contributed by atoms with E-state index in [1.54, 1.807) is 37.3 Å². The predicted molar refractivity (Wildman–Crippen MR) is 124 cm³/mol. The van der Waals surface area contributed by atoms with E-state index in [1.807, 2.05) is 36.4 Å². The van der Waals surface area contributed by atoms with Crippen molar-refractivity contribution < 1.29 is 23.4 Å². The Kier molecular flexibility index (Phi) is 7.16. The molecule has 0 spiro atoms. The zero-order valence-corrected chi connectivity index (χ0v) is 19.3. The number of fused-ring (bicyclic) bond motifs is 1. The molecule has 7 heteroatoms. The highest BCUT2D eigenvalue weighted by Gasteiger charge is 2.36. The van der Waals surface area contributed by atoms with Crippen molar-refractivity contribution in [3.05, 3.63) is 93.8 Å². The van der Waals surface area contributed by atoms with Crippen LogP contribution in [0, 0.1) is 5.82 Å². The molecule has 3 aromatic rings. The van der Waals surface area contributed by atoms with E-state index >= 15 is 4.39 Å². The third-order valence-electron chi connectivity index (χ3n) is 5.80. The standard InChI is InChI=1S/C26H25ClFNO4/c1-31-22-13-18-11-12-29(24(30)16-33-15-17-7-4-3-5-8-17)26(19(18)14-23(22)32-2)25-20(27)9-6-10-21(25)28/h3-10,13-14,26H,11-12,15-16H2,1-2H3/t26-/m0/s1. The topological polar surface area (TPSA) is 48.0 Å². The molecule has 0 saturated heterocycles.